The molecule has 0 spiro atoms. The average Bonchev–Trinajstić information content (AvgIpc) is 2.16. The number of rotatable bonds is 3. The Bertz CT molecular complexity index is 300. The minimum Gasteiger partial charge on any atom is -0.478 e. The predicted molar refractivity (Wildman–Crippen MR) is 48.4 cm³/mol. The van der Waals surface area contributed by atoms with E-state index in [9.17, 15) is 9.59 Å². The van der Waals surface area contributed by atoms with Crippen molar-refractivity contribution in [2.75, 3.05) is 0 Å². The molecule has 0 amide bonds. The number of hydrogen-bond acceptors (Lipinski definition) is 3. The van der Waals surface area contributed by atoms with Gasteiger partial charge in [-0.1, -0.05) is 6.92 Å². The Morgan fingerprint density at radius 1 is 1.29 bits per heavy atom. The number of carbonyl (C=O) groups is 2. The SMILES string of the molecule is CCC1C(C(=O)O)=CNC=C1C(=O)O. The zero-order valence-corrected chi connectivity index (χ0v) is 7.65. The van der Waals surface area contributed by atoms with Gasteiger partial charge in [-0.3, -0.25) is 0 Å². The molecule has 0 aromatic rings. The largest absolute Gasteiger partial charge is 0.478 e. The topological polar surface area (TPSA) is 86.6 Å². The smallest absolute Gasteiger partial charge is 0.333 e. The number of hydrogen-bond donors (Lipinski definition) is 3. The number of carboxylic acid groups (broad SMARTS) is 2. The summed E-state index contributed by atoms with van der Waals surface area (Å²) in [6, 6.07) is 0. The lowest BCUT2D eigenvalue weighted by atomic mass is 9.88. The summed E-state index contributed by atoms with van der Waals surface area (Å²) in [5.41, 5.74) is 0.180. The van der Waals surface area contributed by atoms with Gasteiger partial charge in [-0.05, 0) is 6.42 Å². The second-order valence-corrected chi connectivity index (χ2v) is 2.94. The van der Waals surface area contributed by atoms with Crippen molar-refractivity contribution in [3.63, 3.8) is 0 Å². The maximum atomic E-state index is 10.8. The molecule has 0 aromatic carbocycles. The van der Waals surface area contributed by atoms with Crippen molar-refractivity contribution in [1.29, 1.82) is 0 Å². The molecule has 1 heterocycles. The predicted octanol–water partition coefficient (Wildman–Crippen LogP) is 0.553. The average molecular weight is 197 g/mol. The van der Waals surface area contributed by atoms with Gasteiger partial charge in [0.25, 0.3) is 0 Å². The third-order valence-electron chi connectivity index (χ3n) is 2.13. The van der Waals surface area contributed by atoms with E-state index in [2.05, 4.69) is 5.32 Å². The second-order valence-electron chi connectivity index (χ2n) is 2.94. The first-order valence-corrected chi connectivity index (χ1v) is 4.20. The fourth-order valence-electron chi connectivity index (χ4n) is 1.45. The molecule has 1 rings (SSSR count). The molecule has 14 heavy (non-hydrogen) atoms. The molecule has 0 saturated carbocycles. The fraction of sp³-hybridized carbons (Fsp3) is 0.333. The summed E-state index contributed by atoms with van der Waals surface area (Å²) in [4.78, 5) is 21.5. The summed E-state index contributed by atoms with van der Waals surface area (Å²) < 4.78 is 0. The van der Waals surface area contributed by atoms with Crippen molar-refractivity contribution < 1.29 is 19.8 Å². The Labute approximate surface area is 80.7 Å². The molecule has 0 radical (unpaired) electrons. The molecule has 0 aliphatic carbocycles. The maximum Gasteiger partial charge on any atom is 0.333 e. The maximum absolute atomic E-state index is 10.8. The van der Waals surface area contributed by atoms with Crippen molar-refractivity contribution >= 4 is 11.9 Å². The van der Waals surface area contributed by atoms with Crippen LogP contribution < -0.4 is 5.32 Å². The zero-order chi connectivity index (χ0) is 10.7. The van der Waals surface area contributed by atoms with E-state index in [1.807, 2.05) is 0 Å². The molecule has 1 aliphatic heterocycles. The first-order chi connectivity index (χ1) is 6.57. The van der Waals surface area contributed by atoms with Crippen LogP contribution >= 0.6 is 0 Å². The minimum absolute atomic E-state index is 0.0902. The lowest BCUT2D eigenvalue weighted by Gasteiger charge is -2.20. The molecule has 1 aliphatic rings. The van der Waals surface area contributed by atoms with Crippen LogP contribution in [0.4, 0.5) is 0 Å². The molecule has 0 unspecified atom stereocenters. The van der Waals surface area contributed by atoms with Crippen molar-refractivity contribution in [2.45, 2.75) is 13.3 Å². The van der Waals surface area contributed by atoms with Gasteiger partial charge >= 0.3 is 11.9 Å². The summed E-state index contributed by atoms with van der Waals surface area (Å²) >= 11 is 0. The van der Waals surface area contributed by atoms with Crippen LogP contribution in [-0.4, -0.2) is 22.2 Å². The van der Waals surface area contributed by atoms with Gasteiger partial charge in [-0.25, -0.2) is 9.59 Å². The summed E-state index contributed by atoms with van der Waals surface area (Å²) in [5.74, 6) is -2.71. The molecule has 0 fully saturated rings. The van der Waals surface area contributed by atoms with Crippen LogP contribution in [0.15, 0.2) is 23.5 Å². The van der Waals surface area contributed by atoms with Gasteiger partial charge in [-0.15, -0.1) is 0 Å². The Hall–Kier alpha value is -1.78. The number of carboxylic acids is 2. The van der Waals surface area contributed by atoms with Gasteiger partial charge in [-0.2, -0.15) is 0 Å². The summed E-state index contributed by atoms with van der Waals surface area (Å²) in [5, 5.41) is 20.1. The molecule has 76 valence electrons. The van der Waals surface area contributed by atoms with Crippen LogP contribution in [0, 0.1) is 5.92 Å². The monoisotopic (exact) mass is 197 g/mol. The Balaban J connectivity index is 2.99. The van der Waals surface area contributed by atoms with Crippen LogP contribution in [0.5, 0.6) is 0 Å². The van der Waals surface area contributed by atoms with Gasteiger partial charge in [0.15, 0.2) is 0 Å². The van der Waals surface area contributed by atoms with Gasteiger partial charge in [0, 0.05) is 18.3 Å². The zero-order valence-electron chi connectivity index (χ0n) is 7.65. The fourth-order valence-corrected chi connectivity index (χ4v) is 1.45. The van der Waals surface area contributed by atoms with Gasteiger partial charge in [0.2, 0.25) is 0 Å². The van der Waals surface area contributed by atoms with E-state index in [0.717, 1.165) is 0 Å². The summed E-state index contributed by atoms with van der Waals surface area (Å²) in [6.45, 7) is 1.75. The van der Waals surface area contributed by atoms with E-state index in [-0.39, 0.29) is 11.1 Å². The summed E-state index contributed by atoms with van der Waals surface area (Å²) in [7, 11) is 0. The van der Waals surface area contributed by atoms with Gasteiger partial charge in [0.1, 0.15) is 0 Å². The highest BCUT2D eigenvalue weighted by Gasteiger charge is 2.28. The Morgan fingerprint density at radius 2 is 1.71 bits per heavy atom. The van der Waals surface area contributed by atoms with Crippen LogP contribution in [0.3, 0.4) is 0 Å². The molecule has 0 atom stereocenters. The van der Waals surface area contributed by atoms with E-state index in [0.29, 0.717) is 6.42 Å². The van der Waals surface area contributed by atoms with Gasteiger partial charge < -0.3 is 15.5 Å². The van der Waals surface area contributed by atoms with Gasteiger partial charge in [0.05, 0.1) is 11.1 Å². The quantitative estimate of drug-likeness (QED) is 0.615. The van der Waals surface area contributed by atoms with E-state index in [4.69, 9.17) is 10.2 Å². The van der Waals surface area contributed by atoms with Crippen molar-refractivity contribution in [2.24, 2.45) is 5.92 Å². The Kier molecular flexibility index (Phi) is 2.91. The lowest BCUT2D eigenvalue weighted by Crippen LogP contribution is -2.25. The molecule has 5 nitrogen and oxygen atoms in total. The van der Waals surface area contributed by atoms with E-state index < -0.39 is 17.9 Å². The number of nitrogens with one attached hydrogen (secondary N) is 1. The lowest BCUT2D eigenvalue weighted by molar-refractivity contribution is -0.134. The minimum atomic E-state index is -1.09. The molecule has 5 heteroatoms. The number of aliphatic carboxylic acids is 2. The third kappa shape index (κ3) is 1.76. The summed E-state index contributed by atoms with van der Waals surface area (Å²) in [6.07, 6.45) is 3.10. The van der Waals surface area contributed by atoms with Crippen molar-refractivity contribution in [3.8, 4) is 0 Å². The molecular weight excluding hydrogens is 186 g/mol. The normalized spacial score (nSPS) is 16.6. The second kappa shape index (κ2) is 3.95. The first kappa shape index (κ1) is 10.3. The first-order valence-electron chi connectivity index (χ1n) is 4.20. The molecule has 0 aromatic heterocycles. The van der Waals surface area contributed by atoms with Crippen LogP contribution in [0.1, 0.15) is 13.3 Å². The standard InChI is InChI=1S/C9H11NO4/c1-2-5-6(8(11)12)3-10-4-7(5)9(13)14/h3-5,10H,2H2,1H3,(H,11,12)(H,13,14). The van der Waals surface area contributed by atoms with Crippen LogP contribution in [0.2, 0.25) is 0 Å². The molecule has 0 saturated heterocycles. The highest BCUT2D eigenvalue weighted by molar-refractivity contribution is 5.94. The van der Waals surface area contributed by atoms with Crippen molar-refractivity contribution in [3.05, 3.63) is 23.5 Å². The highest BCUT2D eigenvalue weighted by Crippen LogP contribution is 2.26. The van der Waals surface area contributed by atoms with E-state index in [1.54, 1.807) is 6.92 Å². The van der Waals surface area contributed by atoms with Crippen LogP contribution in [0.25, 0.3) is 0 Å². The van der Waals surface area contributed by atoms with Crippen molar-refractivity contribution in [1.82, 2.24) is 5.32 Å². The van der Waals surface area contributed by atoms with E-state index >= 15 is 0 Å². The molecular formula is C9H11NO4. The molecule has 0 bridgehead atoms. The number of dihydropyridines is 1. The van der Waals surface area contributed by atoms with Crippen LogP contribution in [-0.2, 0) is 9.59 Å². The highest BCUT2D eigenvalue weighted by atomic mass is 16.4. The third-order valence-corrected chi connectivity index (χ3v) is 2.13. The molecule has 3 N–H and O–H groups in total. The Morgan fingerprint density at radius 3 is 2.00 bits per heavy atom. The van der Waals surface area contributed by atoms with E-state index in [1.165, 1.54) is 12.4 Å².